The summed E-state index contributed by atoms with van der Waals surface area (Å²) in [5, 5.41) is 6.81. The van der Waals surface area contributed by atoms with Crippen molar-refractivity contribution in [2.75, 3.05) is 21.1 Å². The summed E-state index contributed by atoms with van der Waals surface area (Å²) in [5.74, 6) is -0.317. The summed E-state index contributed by atoms with van der Waals surface area (Å²) in [6, 6.07) is 21.6. The number of amides is 1. The van der Waals surface area contributed by atoms with Gasteiger partial charge in [-0.3, -0.25) is 9.52 Å². The molecule has 0 fully saturated rings. The first-order chi connectivity index (χ1) is 14.9. The highest BCUT2D eigenvalue weighted by atomic mass is 35.5. The lowest BCUT2D eigenvalue weighted by Gasteiger charge is -2.15. The molecule has 0 radical (unpaired) electrons. The van der Waals surface area contributed by atoms with Gasteiger partial charge in [0.1, 0.15) is 0 Å². The highest BCUT2D eigenvalue weighted by molar-refractivity contribution is 7.92. The van der Waals surface area contributed by atoms with Crippen LogP contribution in [0.3, 0.4) is 0 Å². The molecule has 0 spiro atoms. The summed E-state index contributed by atoms with van der Waals surface area (Å²) in [4.78, 5) is 13.0. The molecular formula is C23H20ClN3O3S. The van der Waals surface area contributed by atoms with Crippen LogP contribution in [-0.4, -0.2) is 20.1 Å². The predicted molar refractivity (Wildman–Crippen MR) is 126 cm³/mol. The molecule has 3 aromatic carbocycles. The van der Waals surface area contributed by atoms with E-state index in [1.54, 1.807) is 37.3 Å². The second kappa shape index (κ2) is 8.45. The third-order valence-electron chi connectivity index (χ3n) is 4.84. The summed E-state index contributed by atoms with van der Waals surface area (Å²) in [5.41, 5.74) is 4.24. The van der Waals surface area contributed by atoms with E-state index in [2.05, 4.69) is 15.4 Å². The maximum atomic E-state index is 13.0. The van der Waals surface area contributed by atoms with Crippen LogP contribution >= 0.6 is 11.6 Å². The number of benzene rings is 3. The van der Waals surface area contributed by atoms with Gasteiger partial charge < -0.3 is 10.6 Å². The molecule has 3 aromatic rings. The van der Waals surface area contributed by atoms with Crippen molar-refractivity contribution >= 4 is 55.9 Å². The number of carbonyl (C=O) groups excluding carboxylic acids is 1. The molecular weight excluding hydrogens is 434 g/mol. The number of nitrogens with one attached hydrogen (secondary N) is 3. The first-order valence-corrected chi connectivity index (χ1v) is 11.7. The molecule has 158 valence electrons. The van der Waals surface area contributed by atoms with Crippen LogP contribution in [0.4, 0.5) is 17.1 Å². The predicted octanol–water partition coefficient (Wildman–Crippen LogP) is 5.03. The molecule has 0 bridgehead atoms. The van der Waals surface area contributed by atoms with E-state index < -0.39 is 10.0 Å². The fourth-order valence-corrected chi connectivity index (χ4v) is 4.05. The Morgan fingerprint density at radius 2 is 1.65 bits per heavy atom. The van der Waals surface area contributed by atoms with Crippen LogP contribution in [0.25, 0.3) is 11.3 Å². The molecule has 0 saturated heterocycles. The second-order valence-corrected chi connectivity index (χ2v) is 9.42. The minimum absolute atomic E-state index is 0.0443. The molecule has 1 aliphatic heterocycles. The van der Waals surface area contributed by atoms with E-state index in [1.807, 2.05) is 42.5 Å². The molecule has 0 atom stereocenters. The molecule has 0 unspecified atom stereocenters. The Balaban J connectivity index is 1.86. The zero-order valence-electron chi connectivity index (χ0n) is 16.6. The largest absolute Gasteiger partial charge is 0.354 e. The number of anilines is 3. The molecule has 1 aliphatic rings. The highest BCUT2D eigenvalue weighted by Crippen LogP contribution is 2.39. The summed E-state index contributed by atoms with van der Waals surface area (Å²) in [6.07, 6.45) is 0. The van der Waals surface area contributed by atoms with Gasteiger partial charge >= 0.3 is 0 Å². The zero-order valence-corrected chi connectivity index (χ0v) is 18.2. The topological polar surface area (TPSA) is 87.3 Å². The smallest absolute Gasteiger partial charge is 0.258 e. The summed E-state index contributed by atoms with van der Waals surface area (Å²) >= 11 is 6.00. The quantitative estimate of drug-likeness (QED) is 0.456. The lowest BCUT2D eigenvalue weighted by Crippen LogP contribution is -2.14. The molecule has 4 rings (SSSR count). The van der Waals surface area contributed by atoms with E-state index in [-0.39, 0.29) is 11.7 Å². The van der Waals surface area contributed by atoms with Gasteiger partial charge in [-0.1, -0.05) is 41.9 Å². The van der Waals surface area contributed by atoms with Crippen molar-refractivity contribution in [3.63, 3.8) is 0 Å². The third-order valence-corrected chi connectivity index (χ3v) is 6.40. The molecule has 31 heavy (non-hydrogen) atoms. The van der Waals surface area contributed by atoms with Gasteiger partial charge in [-0.25, -0.2) is 8.42 Å². The van der Waals surface area contributed by atoms with Crippen LogP contribution in [0.15, 0.2) is 72.8 Å². The minimum atomic E-state index is -3.45. The van der Waals surface area contributed by atoms with Crippen molar-refractivity contribution in [3.8, 4) is 0 Å². The van der Waals surface area contributed by atoms with Gasteiger partial charge in [0, 0.05) is 27.6 Å². The number of carbonyl (C=O) groups is 1. The Morgan fingerprint density at radius 3 is 2.32 bits per heavy atom. The number of hydrogen-bond acceptors (Lipinski definition) is 4. The molecule has 1 amide bonds. The van der Waals surface area contributed by atoms with Gasteiger partial charge in [-0.05, 0) is 55.0 Å². The molecule has 6 nitrogen and oxygen atoms in total. The Morgan fingerprint density at radius 1 is 0.968 bits per heavy atom. The molecule has 1 heterocycles. The summed E-state index contributed by atoms with van der Waals surface area (Å²) in [7, 11) is -3.45. The van der Waals surface area contributed by atoms with Crippen molar-refractivity contribution in [3.05, 3.63) is 88.9 Å². The lowest BCUT2D eigenvalue weighted by atomic mass is 9.99. The van der Waals surface area contributed by atoms with E-state index in [9.17, 15) is 13.2 Å². The van der Waals surface area contributed by atoms with Gasteiger partial charge in [-0.2, -0.15) is 0 Å². The fraction of sp³-hybridized carbons (Fsp3) is 0.0870. The Labute approximate surface area is 186 Å². The van der Waals surface area contributed by atoms with Gasteiger partial charge in [0.2, 0.25) is 10.0 Å². The summed E-state index contributed by atoms with van der Waals surface area (Å²) in [6.45, 7) is 1.57. The standard InChI is InChI=1S/C23H20ClN3O3S/c1-2-31(29,30)27-18-12-13-20-19(14-18)21(23(28)26-20)22(15-6-4-3-5-7-15)25-17-10-8-16(24)9-11-17/h3-14,25,27H,2H2,1H3,(H,26,28)/b22-21+. The average molecular weight is 454 g/mol. The van der Waals surface area contributed by atoms with E-state index in [0.717, 1.165) is 11.3 Å². The number of fused-ring (bicyclic) bond motifs is 1. The lowest BCUT2D eigenvalue weighted by molar-refractivity contribution is -0.110. The first kappa shape index (κ1) is 21.0. The minimum Gasteiger partial charge on any atom is -0.354 e. The molecule has 0 aromatic heterocycles. The molecule has 8 heteroatoms. The van der Waals surface area contributed by atoms with E-state index in [1.165, 1.54) is 0 Å². The Kier molecular flexibility index (Phi) is 5.71. The van der Waals surface area contributed by atoms with E-state index >= 15 is 0 Å². The van der Waals surface area contributed by atoms with Crippen LogP contribution in [0.5, 0.6) is 0 Å². The maximum absolute atomic E-state index is 13.0. The van der Waals surface area contributed by atoms with Crippen molar-refractivity contribution in [2.45, 2.75) is 6.92 Å². The molecule has 3 N–H and O–H groups in total. The van der Waals surface area contributed by atoms with Gasteiger partial charge in [-0.15, -0.1) is 0 Å². The van der Waals surface area contributed by atoms with Crippen LogP contribution < -0.4 is 15.4 Å². The van der Waals surface area contributed by atoms with Crippen molar-refractivity contribution in [2.24, 2.45) is 0 Å². The highest BCUT2D eigenvalue weighted by Gasteiger charge is 2.29. The number of sulfonamides is 1. The van der Waals surface area contributed by atoms with E-state index in [0.29, 0.717) is 33.2 Å². The normalized spacial score (nSPS) is 14.6. The van der Waals surface area contributed by atoms with Crippen molar-refractivity contribution in [1.29, 1.82) is 0 Å². The molecule has 0 aliphatic carbocycles. The van der Waals surface area contributed by atoms with Gasteiger partial charge in [0.25, 0.3) is 5.91 Å². The maximum Gasteiger partial charge on any atom is 0.258 e. The van der Waals surface area contributed by atoms with Gasteiger partial charge in [0.15, 0.2) is 0 Å². The second-order valence-electron chi connectivity index (χ2n) is 6.97. The SMILES string of the molecule is CCS(=O)(=O)Nc1ccc2c(c1)/C(=C(\Nc1ccc(Cl)cc1)c1ccccc1)C(=O)N2. The Bertz CT molecular complexity index is 1270. The third kappa shape index (κ3) is 4.57. The van der Waals surface area contributed by atoms with Crippen LogP contribution in [0, 0.1) is 0 Å². The fourth-order valence-electron chi connectivity index (χ4n) is 3.29. The monoisotopic (exact) mass is 453 g/mol. The molecule has 0 saturated carbocycles. The van der Waals surface area contributed by atoms with Crippen molar-refractivity contribution < 1.29 is 13.2 Å². The number of halogens is 1. The average Bonchev–Trinajstić information content (AvgIpc) is 3.08. The summed E-state index contributed by atoms with van der Waals surface area (Å²) < 4.78 is 26.6. The number of hydrogen-bond donors (Lipinski definition) is 3. The number of rotatable bonds is 6. The van der Waals surface area contributed by atoms with Crippen LogP contribution in [0.1, 0.15) is 18.1 Å². The van der Waals surface area contributed by atoms with Crippen LogP contribution in [-0.2, 0) is 14.8 Å². The first-order valence-electron chi connectivity index (χ1n) is 9.65. The zero-order chi connectivity index (χ0) is 22.0. The Hall–Kier alpha value is -3.29. The van der Waals surface area contributed by atoms with E-state index in [4.69, 9.17) is 11.6 Å². The van der Waals surface area contributed by atoms with Crippen LogP contribution in [0.2, 0.25) is 5.02 Å². The van der Waals surface area contributed by atoms with Crippen molar-refractivity contribution in [1.82, 2.24) is 0 Å². The van der Waals surface area contributed by atoms with Gasteiger partial charge in [0.05, 0.1) is 17.0 Å².